The molecule has 0 spiro atoms. The van der Waals surface area contributed by atoms with E-state index in [1.165, 1.54) is 0 Å². The molecule has 2 aliphatic heterocycles. The molecule has 1 aromatic heterocycles. The lowest BCUT2D eigenvalue weighted by Crippen LogP contribution is -2.46. The Morgan fingerprint density at radius 3 is 2.74 bits per heavy atom. The van der Waals surface area contributed by atoms with Gasteiger partial charge in [0.2, 0.25) is 0 Å². The molecule has 0 bridgehead atoms. The maximum atomic E-state index is 10.4. The van der Waals surface area contributed by atoms with Crippen LogP contribution in [0.5, 0.6) is 0 Å². The number of hydrogen-bond acceptors (Lipinski definition) is 5. The van der Waals surface area contributed by atoms with Crippen molar-refractivity contribution in [2.24, 2.45) is 5.92 Å². The Morgan fingerprint density at radius 1 is 1.17 bits per heavy atom. The summed E-state index contributed by atoms with van der Waals surface area (Å²) in [6, 6.07) is 8.29. The van der Waals surface area contributed by atoms with E-state index in [0.29, 0.717) is 19.3 Å². The number of fused-ring (bicyclic) bond motifs is 1. The fourth-order valence-corrected chi connectivity index (χ4v) is 3.97. The number of anilines is 1. The van der Waals surface area contributed by atoms with Crippen LogP contribution in [-0.2, 0) is 4.74 Å². The lowest BCUT2D eigenvalue weighted by molar-refractivity contribution is -0.0438. The molecule has 1 aromatic carbocycles. The summed E-state index contributed by atoms with van der Waals surface area (Å²) in [5.41, 5.74) is 2.83. The molecule has 0 amide bonds. The van der Waals surface area contributed by atoms with E-state index < -0.39 is 0 Å². The lowest BCUT2D eigenvalue weighted by atomic mass is 9.89. The first-order chi connectivity index (χ1) is 11.2. The Hall–Kier alpha value is -1.72. The third kappa shape index (κ3) is 2.68. The molecular formula is C18H23N3O2. The van der Waals surface area contributed by atoms with Crippen molar-refractivity contribution >= 4 is 16.9 Å². The summed E-state index contributed by atoms with van der Waals surface area (Å²) in [5.74, 6) is 1.13. The highest BCUT2D eigenvalue weighted by Gasteiger charge is 2.38. The molecule has 0 radical (unpaired) electrons. The Kier molecular flexibility index (Phi) is 3.91. The van der Waals surface area contributed by atoms with E-state index in [-0.39, 0.29) is 12.0 Å². The number of hydrogen-bond donors (Lipinski definition) is 1. The second-order valence-electron chi connectivity index (χ2n) is 6.62. The number of aliphatic hydroxyl groups excluding tert-OH is 1. The quantitative estimate of drug-likeness (QED) is 0.922. The van der Waals surface area contributed by atoms with Gasteiger partial charge in [0.1, 0.15) is 0 Å². The predicted molar refractivity (Wildman–Crippen MR) is 89.6 cm³/mol. The van der Waals surface area contributed by atoms with Crippen LogP contribution in [-0.4, -0.2) is 47.0 Å². The Labute approximate surface area is 136 Å². The summed E-state index contributed by atoms with van der Waals surface area (Å²) in [4.78, 5) is 11.9. The Morgan fingerprint density at radius 2 is 1.96 bits per heavy atom. The monoisotopic (exact) mass is 313 g/mol. The summed E-state index contributed by atoms with van der Waals surface area (Å²) in [5, 5.41) is 10.4. The molecule has 0 aliphatic carbocycles. The fourth-order valence-electron chi connectivity index (χ4n) is 3.97. The van der Waals surface area contributed by atoms with Crippen molar-refractivity contribution in [1.82, 2.24) is 9.97 Å². The summed E-state index contributed by atoms with van der Waals surface area (Å²) in [6.45, 7) is 4.31. The third-order valence-electron chi connectivity index (χ3n) is 5.15. The molecule has 0 saturated carbocycles. The zero-order valence-corrected chi connectivity index (χ0v) is 13.5. The van der Waals surface area contributed by atoms with Crippen LogP contribution >= 0.6 is 0 Å². The molecule has 5 nitrogen and oxygen atoms in total. The number of aromatic nitrogens is 2. The highest BCUT2D eigenvalue weighted by atomic mass is 16.5. The summed E-state index contributed by atoms with van der Waals surface area (Å²) in [7, 11) is 0. The van der Waals surface area contributed by atoms with Gasteiger partial charge in [-0.3, -0.25) is 0 Å². The minimum Gasteiger partial charge on any atom is -0.393 e. The molecule has 3 heterocycles. The summed E-state index contributed by atoms with van der Waals surface area (Å²) >= 11 is 0. The van der Waals surface area contributed by atoms with Gasteiger partial charge in [-0.15, -0.1) is 0 Å². The molecule has 2 aromatic rings. The van der Waals surface area contributed by atoms with Gasteiger partial charge in [0.25, 0.3) is 0 Å². The highest BCUT2D eigenvalue weighted by molar-refractivity contribution is 5.76. The van der Waals surface area contributed by atoms with E-state index in [2.05, 4.69) is 4.90 Å². The van der Waals surface area contributed by atoms with Crippen LogP contribution in [0, 0.1) is 12.8 Å². The molecule has 1 N–H and O–H groups in total. The van der Waals surface area contributed by atoms with Crippen LogP contribution in [0.15, 0.2) is 24.3 Å². The molecule has 3 atom stereocenters. The number of para-hydroxylation sites is 2. The van der Waals surface area contributed by atoms with Gasteiger partial charge in [-0.1, -0.05) is 12.1 Å². The molecule has 23 heavy (non-hydrogen) atoms. The molecular weight excluding hydrogens is 290 g/mol. The molecule has 5 heteroatoms. The van der Waals surface area contributed by atoms with Crippen molar-refractivity contribution in [3.63, 3.8) is 0 Å². The number of aryl methyl sites for hydroxylation is 1. The van der Waals surface area contributed by atoms with Crippen LogP contribution in [0.4, 0.5) is 5.82 Å². The smallest absolute Gasteiger partial charge is 0.151 e. The van der Waals surface area contributed by atoms with Gasteiger partial charge in [0.15, 0.2) is 5.82 Å². The molecule has 2 fully saturated rings. The van der Waals surface area contributed by atoms with Crippen LogP contribution < -0.4 is 4.90 Å². The van der Waals surface area contributed by atoms with Gasteiger partial charge in [-0.25, -0.2) is 9.97 Å². The lowest BCUT2D eigenvalue weighted by Gasteiger charge is -2.37. The standard InChI is InChI=1S/C18H23N3O2/c1-12-18(20-15-6-3-2-5-14(15)19-12)21-9-4-7-16(21)13-11-23-10-8-17(13)22/h2-3,5-6,13,16-17,22H,4,7-11H2,1H3/t13-,16+,17+/m0/s1. The largest absolute Gasteiger partial charge is 0.393 e. The van der Waals surface area contributed by atoms with E-state index in [9.17, 15) is 5.11 Å². The average molecular weight is 313 g/mol. The zero-order valence-electron chi connectivity index (χ0n) is 13.5. The van der Waals surface area contributed by atoms with Gasteiger partial charge < -0.3 is 14.7 Å². The third-order valence-corrected chi connectivity index (χ3v) is 5.15. The van der Waals surface area contributed by atoms with Crippen molar-refractivity contribution in [1.29, 1.82) is 0 Å². The number of nitrogens with zero attached hydrogens (tertiary/aromatic N) is 3. The van der Waals surface area contributed by atoms with E-state index >= 15 is 0 Å². The van der Waals surface area contributed by atoms with Crippen molar-refractivity contribution in [3.8, 4) is 0 Å². The summed E-state index contributed by atoms with van der Waals surface area (Å²) < 4.78 is 5.63. The molecule has 2 saturated heterocycles. The first kappa shape index (κ1) is 14.8. The van der Waals surface area contributed by atoms with Crippen LogP contribution in [0.2, 0.25) is 0 Å². The molecule has 4 rings (SSSR count). The normalized spacial score (nSPS) is 28.4. The van der Waals surface area contributed by atoms with Crippen LogP contribution in [0.25, 0.3) is 11.0 Å². The number of benzene rings is 1. The second-order valence-corrected chi connectivity index (χ2v) is 6.62. The SMILES string of the molecule is Cc1nc2ccccc2nc1N1CCC[C@@H]1[C@@H]1COCC[C@H]1O. The Bertz CT molecular complexity index is 706. The molecule has 122 valence electrons. The zero-order chi connectivity index (χ0) is 15.8. The highest BCUT2D eigenvalue weighted by Crippen LogP contribution is 2.34. The first-order valence-corrected chi connectivity index (χ1v) is 8.50. The van der Waals surface area contributed by atoms with E-state index in [4.69, 9.17) is 14.7 Å². The van der Waals surface area contributed by atoms with Gasteiger partial charge in [-0.05, 0) is 38.3 Å². The summed E-state index contributed by atoms with van der Waals surface area (Å²) in [6.07, 6.45) is 2.67. The van der Waals surface area contributed by atoms with Crippen LogP contribution in [0.3, 0.4) is 0 Å². The molecule has 0 unspecified atom stereocenters. The van der Waals surface area contributed by atoms with Crippen molar-refractivity contribution in [2.75, 3.05) is 24.7 Å². The van der Waals surface area contributed by atoms with Crippen molar-refractivity contribution < 1.29 is 9.84 Å². The first-order valence-electron chi connectivity index (χ1n) is 8.50. The topological polar surface area (TPSA) is 58.5 Å². The number of aliphatic hydroxyl groups is 1. The molecule has 2 aliphatic rings. The van der Waals surface area contributed by atoms with E-state index in [0.717, 1.165) is 48.4 Å². The maximum Gasteiger partial charge on any atom is 0.151 e. The van der Waals surface area contributed by atoms with Crippen molar-refractivity contribution in [2.45, 2.75) is 38.3 Å². The van der Waals surface area contributed by atoms with E-state index in [1.54, 1.807) is 0 Å². The Balaban J connectivity index is 1.69. The van der Waals surface area contributed by atoms with Gasteiger partial charge >= 0.3 is 0 Å². The van der Waals surface area contributed by atoms with E-state index in [1.807, 2.05) is 31.2 Å². The van der Waals surface area contributed by atoms with Gasteiger partial charge in [0.05, 0.1) is 29.4 Å². The number of ether oxygens (including phenoxy) is 1. The van der Waals surface area contributed by atoms with Crippen LogP contribution in [0.1, 0.15) is 25.0 Å². The predicted octanol–water partition coefficient (Wildman–Crippen LogP) is 2.30. The maximum absolute atomic E-state index is 10.4. The minimum absolute atomic E-state index is 0.166. The van der Waals surface area contributed by atoms with Gasteiger partial charge in [-0.2, -0.15) is 0 Å². The van der Waals surface area contributed by atoms with Crippen molar-refractivity contribution in [3.05, 3.63) is 30.0 Å². The minimum atomic E-state index is -0.275. The number of rotatable bonds is 2. The fraction of sp³-hybridized carbons (Fsp3) is 0.556. The second kappa shape index (κ2) is 6.06. The van der Waals surface area contributed by atoms with Gasteiger partial charge in [0, 0.05) is 25.1 Å². The average Bonchev–Trinajstić information content (AvgIpc) is 3.03.